The molecule has 1 atom stereocenters. The highest BCUT2D eigenvalue weighted by Gasteiger charge is 2.41. The predicted octanol–water partition coefficient (Wildman–Crippen LogP) is 4.44. The van der Waals surface area contributed by atoms with E-state index in [2.05, 4.69) is 27.9 Å². The van der Waals surface area contributed by atoms with Gasteiger partial charge in [-0.3, -0.25) is 9.78 Å². The smallest absolute Gasteiger partial charge is 0.338 e. The molecule has 0 fully saturated rings. The third-order valence-electron chi connectivity index (χ3n) is 5.68. The first-order valence-electron chi connectivity index (χ1n) is 11.4. The maximum atomic E-state index is 13.1. The van der Waals surface area contributed by atoms with E-state index in [1.807, 2.05) is 60.6 Å². The first-order valence-corrected chi connectivity index (χ1v) is 12.3. The number of thioether (sulfide) groups is 1. The van der Waals surface area contributed by atoms with Crippen LogP contribution in [0, 0.1) is 6.92 Å². The van der Waals surface area contributed by atoms with Gasteiger partial charge >= 0.3 is 5.97 Å². The van der Waals surface area contributed by atoms with Gasteiger partial charge < -0.3 is 15.0 Å². The Morgan fingerprint density at radius 1 is 1.23 bits per heavy atom. The van der Waals surface area contributed by atoms with Gasteiger partial charge in [0.15, 0.2) is 5.17 Å². The van der Waals surface area contributed by atoms with Crippen molar-refractivity contribution in [3.63, 3.8) is 0 Å². The SMILES string of the molecule is C=CCOC(=O)C1=C(C)N=C2SC=C(CC(=O)NCCc3ccccn3)N2C1c1cccc(C)c1. The Bertz CT molecular complexity index is 1220. The van der Waals surface area contributed by atoms with Crippen LogP contribution in [-0.2, 0) is 20.7 Å². The zero-order chi connectivity index (χ0) is 24.8. The Morgan fingerprint density at radius 3 is 2.83 bits per heavy atom. The fourth-order valence-electron chi connectivity index (χ4n) is 4.10. The monoisotopic (exact) mass is 488 g/mol. The van der Waals surface area contributed by atoms with Crippen LogP contribution in [0.2, 0.25) is 0 Å². The number of aliphatic imine (C=N–C) groups is 1. The minimum Gasteiger partial charge on any atom is -0.458 e. The average Bonchev–Trinajstić information content (AvgIpc) is 3.24. The van der Waals surface area contributed by atoms with Gasteiger partial charge in [0.1, 0.15) is 6.61 Å². The summed E-state index contributed by atoms with van der Waals surface area (Å²) < 4.78 is 5.42. The summed E-state index contributed by atoms with van der Waals surface area (Å²) in [5, 5.41) is 5.65. The Balaban J connectivity index is 1.56. The second kappa shape index (κ2) is 11.2. The number of fused-ring (bicyclic) bond motifs is 1. The standard InChI is InChI=1S/C27H28N4O3S/c1-4-14-34-26(33)24-19(3)30-27-31(25(24)20-9-7-8-18(2)15-20)22(17-35-27)16-23(32)29-13-11-21-10-5-6-12-28-21/h4-10,12,15,17,25H,1,11,13-14,16H2,2-3H3,(H,29,32). The van der Waals surface area contributed by atoms with E-state index in [4.69, 9.17) is 4.74 Å². The number of carbonyl (C=O) groups excluding carboxylic acids is 2. The van der Waals surface area contributed by atoms with Crippen molar-refractivity contribution in [3.8, 4) is 0 Å². The lowest BCUT2D eigenvalue weighted by Crippen LogP contribution is -2.38. The molecular weight excluding hydrogens is 460 g/mol. The summed E-state index contributed by atoms with van der Waals surface area (Å²) in [7, 11) is 0. The van der Waals surface area contributed by atoms with Crippen molar-refractivity contribution in [2.24, 2.45) is 4.99 Å². The number of benzene rings is 1. The number of carbonyl (C=O) groups is 2. The van der Waals surface area contributed by atoms with E-state index in [0.717, 1.165) is 27.7 Å². The van der Waals surface area contributed by atoms with Gasteiger partial charge in [-0.25, -0.2) is 9.79 Å². The molecule has 35 heavy (non-hydrogen) atoms. The molecule has 2 aromatic rings. The molecule has 1 amide bonds. The first kappa shape index (κ1) is 24.5. The maximum absolute atomic E-state index is 13.1. The van der Waals surface area contributed by atoms with Gasteiger partial charge in [0, 0.05) is 30.6 Å². The van der Waals surface area contributed by atoms with E-state index in [0.29, 0.717) is 24.2 Å². The number of hydrogen-bond acceptors (Lipinski definition) is 7. The normalized spacial score (nSPS) is 16.9. The molecule has 1 aromatic carbocycles. The molecule has 1 unspecified atom stereocenters. The third-order valence-corrected chi connectivity index (χ3v) is 6.57. The maximum Gasteiger partial charge on any atom is 0.338 e. The topological polar surface area (TPSA) is 83.9 Å². The number of pyridine rings is 1. The molecule has 0 aliphatic carbocycles. The van der Waals surface area contributed by atoms with Crippen molar-refractivity contribution >= 4 is 28.8 Å². The van der Waals surface area contributed by atoms with Crippen LogP contribution in [0.4, 0.5) is 0 Å². The van der Waals surface area contributed by atoms with Gasteiger partial charge in [-0.2, -0.15) is 0 Å². The molecule has 0 spiro atoms. The van der Waals surface area contributed by atoms with Crippen LogP contribution in [0.5, 0.6) is 0 Å². The fourth-order valence-corrected chi connectivity index (χ4v) is 5.07. The summed E-state index contributed by atoms with van der Waals surface area (Å²) in [6.07, 6.45) is 4.11. The van der Waals surface area contributed by atoms with Gasteiger partial charge in [0.25, 0.3) is 0 Å². The largest absolute Gasteiger partial charge is 0.458 e. The molecular formula is C27H28N4O3S. The van der Waals surface area contributed by atoms with Crippen molar-refractivity contribution in [3.05, 3.63) is 101 Å². The van der Waals surface area contributed by atoms with E-state index in [9.17, 15) is 9.59 Å². The molecule has 3 heterocycles. The summed E-state index contributed by atoms with van der Waals surface area (Å²) in [4.78, 5) is 36.9. The number of rotatable bonds is 9. The highest BCUT2D eigenvalue weighted by atomic mass is 32.2. The molecule has 0 saturated carbocycles. The molecule has 8 heteroatoms. The molecule has 0 bridgehead atoms. The fraction of sp³-hybridized carbons (Fsp3) is 0.259. The summed E-state index contributed by atoms with van der Waals surface area (Å²) in [6.45, 7) is 8.08. The Kier molecular flexibility index (Phi) is 7.82. The van der Waals surface area contributed by atoms with Crippen LogP contribution in [0.3, 0.4) is 0 Å². The number of ether oxygens (including phenoxy) is 1. The number of hydrogen-bond donors (Lipinski definition) is 1. The number of amides is 1. The lowest BCUT2D eigenvalue weighted by atomic mass is 9.93. The first-order chi connectivity index (χ1) is 17.0. The number of allylic oxidation sites excluding steroid dienone is 1. The quantitative estimate of drug-likeness (QED) is 0.415. The van der Waals surface area contributed by atoms with E-state index in [-0.39, 0.29) is 18.9 Å². The molecule has 7 nitrogen and oxygen atoms in total. The predicted molar refractivity (Wildman–Crippen MR) is 138 cm³/mol. The van der Waals surface area contributed by atoms with E-state index in [1.165, 1.54) is 11.8 Å². The number of aromatic nitrogens is 1. The van der Waals surface area contributed by atoms with Crippen molar-refractivity contribution in [1.82, 2.24) is 15.2 Å². The summed E-state index contributed by atoms with van der Waals surface area (Å²) >= 11 is 1.46. The van der Waals surface area contributed by atoms with Crippen LogP contribution < -0.4 is 5.32 Å². The summed E-state index contributed by atoms with van der Waals surface area (Å²) in [5.41, 5.74) is 4.80. The molecule has 180 valence electrons. The van der Waals surface area contributed by atoms with E-state index in [1.54, 1.807) is 12.3 Å². The van der Waals surface area contributed by atoms with Crippen LogP contribution >= 0.6 is 11.8 Å². The van der Waals surface area contributed by atoms with Crippen molar-refractivity contribution < 1.29 is 14.3 Å². The molecule has 1 aromatic heterocycles. The number of amidine groups is 1. The average molecular weight is 489 g/mol. The lowest BCUT2D eigenvalue weighted by molar-refractivity contribution is -0.138. The number of esters is 1. The summed E-state index contributed by atoms with van der Waals surface area (Å²) in [6, 6.07) is 13.3. The number of nitrogens with zero attached hydrogens (tertiary/aromatic N) is 3. The van der Waals surface area contributed by atoms with E-state index >= 15 is 0 Å². The second-order valence-electron chi connectivity index (χ2n) is 8.29. The molecule has 2 aliphatic heterocycles. The van der Waals surface area contributed by atoms with Gasteiger partial charge in [-0.1, -0.05) is 60.3 Å². The molecule has 2 aliphatic rings. The molecule has 4 rings (SSSR count). The Morgan fingerprint density at radius 2 is 2.09 bits per heavy atom. The zero-order valence-corrected chi connectivity index (χ0v) is 20.7. The Labute approximate surface area is 209 Å². The highest BCUT2D eigenvalue weighted by molar-refractivity contribution is 8.16. The van der Waals surface area contributed by atoms with Crippen LogP contribution in [0.15, 0.2) is 88.7 Å². The Hall–Kier alpha value is -3.65. The van der Waals surface area contributed by atoms with Crippen molar-refractivity contribution in [2.45, 2.75) is 32.7 Å². The number of nitrogens with one attached hydrogen (secondary N) is 1. The molecule has 1 N–H and O–H groups in total. The van der Waals surface area contributed by atoms with Gasteiger partial charge in [0.05, 0.1) is 23.7 Å². The zero-order valence-electron chi connectivity index (χ0n) is 19.9. The molecule has 0 radical (unpaired) electrons. The second-order valence-corrected chi connectivity index (χ2v) is 9.13. The van der Waals surface area contributed by atoms with Crippen LogP contribution in [0.25, 0.3) is 0 Å². The number of aryl methyl sites for hydroxylation is 1. The van der Waals surface area contributed by atoms with Gasteiger partial charge in [0.2, 0.25) is 5.91 Å². The van der Waals surface area contributed by atoms with Crippen LogP contribution in [0.1, 0.15) is 36.2 Å². The van der Waals surface area contributed by atoms with Gasteiger partial charge in [-0.05, 0) is 37.0 Å². The van der Waals surface area contributed by atoms with Crippen LogP contribution in [-0.4, -0.2) is 40.1 Å². The summed E-state index contributed by atoms with van der Waals surface area (Å²) in [5.74, 6) is -0.535. The third kappa shape index (κ3) is 5.71. The van der Waals surface area contributed by atoms with E-state index < -0.39 is 12.0 Å². The highest BCUT2D eigenvalue weighted by Crippen LogP contribution is 2.44. The molecule has 0 saturated heterocycles. The van der Waals surface area contributed by atoms with Crippen molar-refractivity contribution in [1.29, 1.82) is 0 Å². The minimum absolute atomic E-state index is 0.0981. The van der Waals surface area contributed by atoms with Crippen molar-refractivity contribution in [2.75, 3.05) is 13.2 Å². The van der Waals surface area contributed by atoms with Gasteiger partial charge in [-0.15, -0.1) is 0 Å². The minimum atomic E-state index is -0.442. The lowest BCUT2D eigenvalue weighted by Gasteiger charge is -2.36.